The molecule has 0 aliphatic carbocycles. The maximum Gasteiger partial charge on any atom is 0.184 e. The molecule has 0 bridgehead atoms. The second kappa shape index (κ2) is 9.39. The molecule has 0 spiro atoms. The average molecular weight is 391 g/mol. The lowest BCUT2D eigenvalue weighted by Gasteiger charge is -2.14. The Balaban J connectivity index is 1.30. The van der Waals surface area contributed by atoms with E-state index in [2.05, 4.69) is 10.1 Å². The van der Waals surface area contributed by atoms with Crippen molar-refractivity contribution in [3.05, 3.63) is 29.3 Å². The summed E-state index contributed by atoms with van der Waals surface area (Å²) in [6.07, 6.45) is 3.81. The van der Waals surface area contributed by atoms with Gasteiger partial charge in [-0.2, -0.15) is 0 Å². The van der Waals surface area contributed by atoms with Gasteiger partial charge in [-0.15, -0.1) is 11.3 Å². The molecule has 2 atom stereocenters. The molecule has 6 nitrogen and oxygen atoms in total. The zero-order chi connectivity index (χ0) is 19.2. The summed E-state index contributed by atoms with van der Waals surface area (Å²) in [5, 5.41) is 15.7. The van der Waals surface area contributed by atoms with Crippen LogP contribution in [0.4, 0.5) is 0 Å². The van der Waals surface area contributed by atoms with Crippen molar-refractivity contribution >= 4 is 22.9 Å². The number of aliphatic hydroxyl groups is 1. The number of Topliss-reactive ketones (excluding diaryl/α,β-unsaturated/α-hetero) is 2. The minimum atomic E-state index is -0.526. The number of nitrogens with zero attached hydrogens (tertiary/aromatic N) is 2. The topological polar surface area (TPSA) is 83.6 Å². The summed E-state index contributed by atoms with van der Waals surface area (Å²) in [4.78, 5) is 26.8. The summed E-state index contributed by atoms with van der Waals surface area (Å²) in [7, 11) is 0. The second-order valence-electron chi connectivity index (χ2n) is 7.19. The molecule has 1 N–H and O–H groups in total. The van der Waals surface area contributed by atoms with Gasteiger partial charge in [0.05, 0.1) is 16.9 Å². The van der Waals surface area contributed by atoms with Gasteiger partial charge in [0.1, 0.15) is 11.5 Å². The molecule has 27 heavy (non-hydrogen) atoms. The van der Waals surface area contributed by atoms with Gasteiger partial charge in [-0.1, -0.05) is 24.1 Å². The molecule has 0 radical (unpaired) electrons. The number of β-amino-alcohol motifs (C(OH)–C–C–N with tert-alkyl or cyclic N) is 1. The van der Waals surface area contributed by atoms with E-state index in [1.54, 1.807) is 24.3 Å². The predicted molar refractivity (Wildman–Crippen MR) is 104 cm³/mol. The summed E-state index contributed by atoms with van der Waals surface area (Å²) in [5.74, 6) is 0.501. The van der Waals surface area contributed by atoms with E-state index < -0.39 is 6.10 Å². The first kappa shape index (κ1) is 19.9. The molecule has 0 unspecified atom stereocenters. The Morgan fingerprint density at radius 2 is 2.11 bits per heavy atom. The first-order valence-electron chi connectivity index (χ1n) is 9.49. The van der Waals surface area contributed by atoms with E-state index >= 15 is 0 Å². The van der Waals surface area contributed by atoms with Crippen molar-refractivity contribution in [2.45, 2.75) is 45.1 Å². The van der Waals surface area contributed by atoms with Gasteiger partial charge in [0.2, 0.25) is 0 Å². The average Bonchev–Trinajstić information content (AvgIpc) is 3.37. The SMILES string of the molecule is CC(=O)[C@@H]1CN(CCCCCCC(=O)c2cc(-c3cccs3)on2)C[C@@H]1O. The van der Waals surface area contributed by atoms with Crippen molar-refractivity contribution in [3.8, 4) is 10.6 Å². The number of aliphatic hydroxyl groups excluding tert-OH is 1. The molecule has 7 heteroatoms. The lowest BCUT2D eigenvalue weighted by molar-refractivity contribution is -0.122. The van der Waals surface area contributed by atoms with Crippen molar-refractivity contribution < 1.29 is 19.2 Å². The lowest BCUT2D eigenvalue weighted by atomic mass is 10.0. The van der Waals surface area contributed by atoms with Crippen LogP contribution < -0.4 is 0 Å². The number of rotatable bonds is 10. The maximum absolute atomic E-state index is 12.2. The molecule has 1 saturated heterocycles. The first-order valence-corrected chi connectivity index (χ1v) is 10.4. The molecular formula is C20H26N2O4S. The molecule has 1 fully saturated rings. The maximum atomic E-state index is 12.2. The van der Waals surface area contributed by atoms with Crippen LogP contribution in [0.5, 0.6) is 0 Å². The van der Waals surface area contributed by atoms with Crippen molar-refractivity contribution in [3.63, 3.8) is 0 Å². The molecule has 2 aromatic rings. The van der Waals surface area contributed by atoms with Crippen molar-refractivity contribution in [2.75, 3.05) is 19.6 Å². The van der Waals surface area contributed by atoms with Gasteiger partial charge >= 0.3 is 0 Å². The van der Waals surface area contributed by atoms with Crippen LogP contribution in [-0.4, -0.2) is 52.5 Å². The predicted octanol–water partition coefficient (Wildman–Crippen LogP) is 3.42. The first-order chi connectivity index (χ1) is 13.0. The highest BCUT2D eigenvalue weighted by Crippen LogP contribution is 2.25. The molecule has 2 aromatic heterocycles. The molecule has 1 aliphatic rings. The van der Waals surface area contributed by atoms with E-state index in [4.69, 9.17) is 4.52 Å². The van der Waals surface area contributed by atoms with Gasteiger partial charge in [0, 0.05) is 25.6 Å². The van der Waals surface area contributed by atoms with E-state index in [0.717, 1.165) is 37.1 Å². The number of ketones is 2. The van der Waals surface area contributed by atoms with Gasteiger partial charge < -0.3 is 9.63 Å². The van der Waals surface area contributed by atoms with E-state index in [0.29, 0.717) is 31.0 Å². The highest BCUT2D eigenvalue weighted by atomic mass is 32.1. The third kappa shape index (κ3) is 5.34. The lowest BCUT2D eigenvalue weighted by Crippen LogP contribution is -2.24. The standard InChI is InChI=1S/C20H26N2O4S/c1-14(23)15-12-22(13-18(15)25)9-5-3-2-4-7-17(24)16-11-19(26-21-16)20-8-6-10-27-20/h6,8,10-11,15,18,25H,2-5,7,9,12-13H2,1H3/t15-,18-/m0/s1. The minimum absolute atomic E-state index is 0.0218. The molecule has 0 saturated carbocycles. The van der Waals surface area contributed by atoms with Crippen LogP contribution in [0.25, 0.3) is 10.6 Å². The summed E-state index contributed by atoms with van der Waals surface area (Å²) in [6, 6.07) is 5.60. The van der Waals surface area contributed by atoms with Gasteiger partial charge in [0.15, 0.2) is 11.5 Å². The van der Waals surface area contributed by atoms with Crippen LogP contribution in [0.1, 0.15) is 49.5 Å². The quantitative estimate of drug-likeness (QED) is 0.494. The summed E-state index contributed by atoms with van der Waals surface area (Å²) in [5.41, 5.74) is 0.403. The van der Waals surface area contributed by atoms with Gasteiger partial charge in [-0.05, 0) is 37.8 Å². The second-order valence-corrected chi connectivity index (χ2v) is 8.13. The molecule has 146 valence electrons. The van der Waals surface area contributed by atoms with Crippen molar-refractivity contribution in [2.24, 2.45) is 5.92 Å². The Labute approximate surface area is 163 Å². The number of carbonyl (C=O) groups is 2. The van der Waals surface area contributed by atoms with E-state index in [-0.39, 0.29) is 17.5 Å². The Morgan fingerprint density at radius 3 is 2.81 bits per heavy atom. The number of hydrogen-bond donors (Lipinski definition) is 1. The number of carbonyl (C=O) groups excluding carboxylic acids is 2. The number of thiophene rings is 1. The largest absolute Gasteiger partial charge is 0.391 e. The van der Waals surface area contributed by atoms with E-state index in [9.17, 15) is 14.7 Å². The normalized spacial score (nSPS) is 20.2. The number of aromatic nitrogens is 1. The number of hydrogen-bond acceptors (Lipinski definition) is 7. The smallest absolute Gasteiger partial charge is 0.184 e. The number of unbranched alkanes of at least 4 members (excludes halogenated alkanes) is 3. The molecule has 0 amide bonds. The Hall–Kier alpha value is -1.83. The highest BCUT2D eigenvalue weighted by molar-refractivity contribution is 7.13. The molecular weight excluding hydrogens is 364 g/mol. The molecule has 0 aromatic carbocycles. The Kier molecular flexibility index (Phi) is 6.93. The Morgan fingerprint density at radius 1 is 1.30 bits per heavy atom. The molecule has 3 heterocycles. The van der Waals surface area contributed by atoms with E-state index in [1.165, 1.54) is 0 Å². The van der Waals surface area contributed by atoms with Crippen LogP contribution in [0.2, 0.25) is 0 Å². The molecule has 1 aliphatic heterocycles. The minimum Gasteiger partial charge on any atom is -0.391 e. The van der Waals surface area contributed by atoms with Gasteiger partial charge in [-0.3, -0.25) is 14.5 Å². The zero-order valence-electron chi connectivity index (χ0n) is 15.6. The van der Waals surface area contributed by atoms with Crippen LogP contribution in [-0.2, 0) is 4.79 Å². The summed E-state index contributed by atoms with van der Waals surface area (Å²) >= 11 is 1.56. The summed E-state index contributed by atoms with van der Waals surface area (Å²) in [6.45, 7) is 3.68. The fraction of sp³-hybridized carbons (Fsp3) is 0.550. The fourth-order valence-electron chi connectivity index (χ4n) is 3.49. The van der Waals surface area contributed by atoms with E-state index in [1.807, 2.05) is 17.5 Å². The van der Waals surface area contributed by atoms with Crippen molar-refractivity contribution in [1.29, 1.82) is 0 Å². The Bertz CT molecular complexity index is 756. The zero-order valence-corrected chi connectivity index (χ0v) is 16.4. The summed E-state index contributed by atoms with van der Waals surface area (Å²) < 4.78 is 5.26. The van der Waals surface area contributed by atoms with Crippen LogP contribution in [0.15, 0.2) is 28.1 Å². The molecule has 3 rings (SSSR count). The van der Waals surface area contributed by atoms with Crippen molar-refractivity contribution in [1.82, 2.24) is 10.1 Å². The highest BCUT2D eigenvalue weighted by Gasteiger charge is 2.33. The number of likely N-dealkylation sites (tertiary alicyclic amines) is 1. The fourth-order valence-corrected chi connectivity index (χ4v) is 4.17. The van der Waals surface area contributed by atoms with Crippen LogP contribution in [0.3, 0.4) is 0 Å². The van der Waals surface area contributed by atoms with Crippen LogP contribution >= 0.6 is 11.3 Å². The van der Waals surface area contributed by atoms with Gasteiger partial charge in [0.25, 0.3) is 0 Å². The third-order valence-electron chi connectivity index (χ3n) is 5.07. The monoisotopic (exact) mass is 390 g/mol. The van der Waals surface area contributed by atoms with Crippen LogP contribution in [0, 0.1) is 5.92 Å². The van der Waals surface area contributed by atoms with Gasteiger partial charge in [-0.25, -0.2) is 0 Å². The third-order valence-corrected chi connectivity index (χ3v) is 5.96.